The van der Waals surface area contributed by atoms with Gasteiger partial charge in [-0.1, -0.05) is 60.7 Å². The number of halogens is 1. The minimum absolute atomic E-state index is 0.346. The summed E-state index contributed by atoms with van der Waals surface area (Å²) in [6, 6.07) is 21.7. The van der Waals surface area contributed by atoms with E-state index in [0.717, 1.165) is 11.1 Å². The van der Waals surface area contributed by atoms with Crippen LogP contribution in [0.25, 0.3) is 0 Å². The third kappa shape index (κ3) is 2.03. The number of hydrogen-bond acceptors (Lipinski definition) is 3. The highest BCUT2D eigenvalue weighted by molar-refractivity contribution is 9.10. The number of hydrogen-bond donors (Lipinski definition) is 1. The number of aliphatic carboxylic acids is 1. The van der Waals surface area contributed by atoms with Gasteiger partial charge in [0.25, 0.3) is 0 Å². The second-order valence-electron chi connectivity index (χ2n) is 8.23. The van der Waals surface area contributed by atoms with Gasteiger partial charge in [0.15, 0.2) is 0 Å². The molecule has 0 aromatic heterocycles. The summed E-state index contributed by atoms with van der Waals surface area (Å²) in [6.07, 6.45) is 0. The van der Waals surface area contributed by atoms with Gasteiger partial charge in [0.05, 0.1) is 17.5 Å². The van der Waals surface area contributed by atoms with Crippen molar-refractivity contribution in [3.05, 3.63) is 99.5 Å². The highest BCUT2D eigenvalue weighted by Gasteiger charge is 2.71. The van der Waals surface area contributed by atoms with Gasteiger partial charge in [-0.15, -0.1) is 0 Å². The molecule has 2 amide bonds. The summed E-state index contributed by atoms with van der Waals surface area (Å²) in [5, 5.41) is 10.7. The van der Waals surface area contributed by atoms with E-state index < -0.39 is 29.1 Å². The maximum absolute atomic E-state index is 13.8. The third-order valence-corrected chi connectivity index (χ3v) is 7.72. The zero-order chi connectivity index (χ0) is 21.5. The highest BCUT2D eigenvalue weighted by Crippen LogP contribution is 2.64. The van der Waals surface area contributed by atoms with Crippen molar-refractivity contribution in [3.63, 3.8) is 0 Å². The first-order valence-electron chi connectivity index (χ1n) is 10.0. The Morgan fingerprint density at radius 2 is 1.39 bits per heavy atom. The molecule has 1 aliphatic heterocycles. The largest absolute Gasteiger partial charge is 0.480 e. The van der Waals surface area contributed by atoms with Gasteiger partial charge in [-0.05, 0) is 50.3 Å². The van der Waals surface area contributed by atoms with Gasteiger partial charge in [0.1, 0.15) is 5.41 Å². The Kier molecular flexibility index (Phi) is 3.67. The van der Waals surface area contributed by atoms with Gasteiger partial charge in [-0.3, -0.25) is 14.4 Å². The van der Waals surface area contributed by atoms with E-state index in [1.807, 2.05) is 24.3 Å². The summed E-state index contributed by atoms with van der Waals surface area (Å²) < 4.78 is 0.613. The van der Waals surface area contributed by atoms with Crippen LogP contribution in [0.1, 0.15) is 28.2 Å². The molecule has 5 nitrogen and oxygen atoms in total. The first-order chi connectivity index (χ1) is 15.0. The molecule has 152 valence electrons. The molecule has 1 saturated heterocycles. The monoisotopic (exact) mass is 473 g/mol. The Hall–Kier alpha value is -3.25. The fraction of sp³-hybridized carbons (Fsp3) is 0.160. The summed E-state index contributed by atoms with van der Waals surface area (Å²) >= 11 is 3.44. The molecule has 1 fully saturated rings. The molecule has 2 bridgehead atoms. The number of carboxylic acids is 1. The summed E-state index contributed by atoms with van der Waals surface area (Å²) in [7, 11) is 0. The van der Waals surface area contributed by atoms with Crippen LogP contribution in [0, 0.1) is 11.8 Å². The maximum atomic E-state index is 13.8. The molecule has 0 radical (unpaired) electrons. The van der Waals surface area contributed by atoms with Crippen molar-refractivity contribution < 1.29 is 19.5 Å². The number of benzene rings is 3. The molecule has 7 rings (SSSR count). The van der Waals surface area contributed by atoms with Crippen LogP contribution in [-0.4, -0.2) is 22.9 Å². The Balaban J connectivity index is 1.69. The van der Waals surface area contributed by atoms with Crippen LogP contribution in [0.3, 0.4) is 0 Å². The molecular formula is C25H16BrNO4. The van der Waals surface area contributed by atoms with Crippen molar-refractivity contribution in [2.24, 2.45) is 11.8 Å². The average Bonchev–Trinajstić information content (AvgIpc) is 3.05. The first kappa shape index (κ1) is 18.5. The first-order valence-corrected chi connectivity index (χ1v) is 10.8. The highest BCUT2D eigenvalue weighted by atomic mass is 79.9. The topological polar surface area (TPSA) is 74.7 Å². The Morgan fingerprint density at radius 3 is 1.97 bits per heavy atom. The summed E-state index contributed by atoms with van der Waals surface area (Å²) in [5.74, 6) is -4.03. The van der Waals surface area contributed by atoms with Gasteiger partial charge < -0.3 is 5.11 Å². The van der Waals surface area contributed by atoms with E-state index in [9.17, 15) is 19.5 Å². The van der Waals surface area contributed by atoms with E-state index in [-0.39, 0.29) is 11.8 Å². The van der Waals surface area contributed by atoms with Crippen molar-refractivity contribution in [2.45, 2.75) is 11.3 Å². The van der Waals surface area contributed by atoms with Gasteiger partial charge >= 0.3 is 5.97 Å². The Labute approximate surface area is 186 Å². The Bertz CT molecular complexity index is 1270. The minimum Gasteiger partial charge on any atom is -0.480 e. The molecule has 2 atom stereocenters. The number of rotatable bonds is 2. The number of carboxylic acid groups (broad SMARTS) is 1. The normalized spacial score (nSPS) is 27.6. The Morgan fingerprint density at radius 1 is 0.839 bits per heavy atom. The molecular weight excluding hydrogens is 458 g/mol. The van der Waals surface area contributed by atoms with Crippen molar-refractivity contribution in [2.75, 3.05) is 4.90 Å². The van der Waals surface area contributed by atoms with E-state index in [0.29, 0.717) is 21.3 Å². The molecule has 31 heavy (non-hydrogen) atoms. The fourth-order valence-electron chi connectivity index (χ4n) is 6.01. The van der Waals surface area contributed by atoms with Crippen LogP contribution in [0.15, 0.2) is 77.3 Å². The fourth-order valence-corrected chi connectivity index (χ4v) is 6.47. The van der Waals surface area contributed by atoms with Gasteiger partial charge in [0.2, 0.25) is 11.8 Å². The number of nitrogens with zero attached hydrogens (tertiary/aromatic N) is 1. The lowest BCUT2D eigenvalue weighted by Crippen LogP contribution is -2.57. The summed E-state index contributed by atoms with van der Waals surface area (Å²) in [4.78, 5) is 41.9. The van der Waals surface area contributed by atoms with Crippen LogP contribution in [0.4, 0.5) is 5.69 Å². The van der Waals surface area contributed by atoms with Gasteiger partial charge in [-0.2, -0.15) is 0 Å². The number of anilines is 1. The summed E-state index contributed by atoms with van der Waals surface area (Å²) in [5.41, 5.74) is 1.71. The van der Waals surface area contributed by atoms with Crippen molar-refractivity contribution >= 4 is 39.4 Å². The zero-order valence-corrected chi connectivity index (χ0v) is 17.7. The molecule has 0 unspecified atom stereocenters. The van der Waals surface area contributed by atoms with E-state index in [2.05, 4.69) is 15.9 Å². The van der Waals surface area contributed by atoms with E-state index in [1.165, 1.54) is 4.90 Å². The lowest BCUT2D eigenvalue weighted by Gasteiger charge is -2.51. The quantitative estimate of drug-likeness (QED) is 0.568. The predicted octanol–water partition coefficient (Wildman–Crippen LogP) is 4.08. The minimum atomic E-state index is -1.60. The molecule has 3 aromatic rings. The second kappa shape index (κ2) is 6.14. The number of imide groups is 1. The molecule has 3 aliphatic carbocycles. The lowest BCUT2D eigenvalue weighted by atomic mass is 9.47. The lowest BCUT2D eigenvalue weighted by molar-refractivity contribution is -0.149. The predicted molar refractivity (Wildman–Crippen MR) is 117 cm³/mol. The van der Waals surface area contributed by atoms with Gasteiger partial charge in [-0.25, -0.2) is 4.90 Å². The summed E-state index contributed by atoms with van der Waals surface area (Å²) in [6.45, 7) is 0. The smallest absolute Gasteiger partial charge is 0.319 e. The SMILES string of the molecule is O=C1[C@@H]2C3c4ccccc4C(C(=O)O)(c4ccccc43)[C@@H]2C(=O)N1c1ccccc1Br. The standard InChI is InChI=1S/C25H16BrNO4/c26-17-11-5-6-12-18(17)27-22(28)20-19-13-7-1-3-9-15(13)25(24(30)31,21(20)23(27)29)16-10-4-2-8-14(16)19/h1-12,19-21H,(H,30,31)/t19?,20-,21+,25?/m1/s1. The van der Waals surface area contributed by atoms with Crippen LogP contribution in [0.2, 0.25) is 0 Å². The van der Waals surface area contributed by atoms with Crippen molar-refractivity contribution in [1.82, 2.24) is 0 Å². The number of carbonyl (C=O) groups excluding carboxylic acids is 2. The zero-order valence-electron chi connectivity index (χ0n) is 16.2. The van der Waals surface area contributed by atoms with Crippen LogP contribution < -0.4 is 4.90 Å². The van der Waals surface area contributed by atoms with Crippen molar-refractivity contribution in [1.29, 1.82) is 0 Å². The van der Waals surface area contributed by atoms with E-state index >= 15 is 0 Å². The number of amides is 2. The molecule has 6 heteroatoms. The van der Waals surface area contributed by atoms with E-state index in [4.69, 9.17) is 0 Å². The third-order valence-electron chi connectivity index (χ3n) is 7.05. The molecule has 0 spiro atoms. The van der Waals surface area contributed by atoms with Crippen molar-refractivity contribution in [3.8, 4) is 0 Å². The van der Waals surface area contributed by atoms with Crippen LogP contribution in [-0.2, 0) is 19.8 Å². The average molecular weight is 474 g/mol. The number of carbonyl (C=O) groups is 3. The molecule has 3 aromatic carbocycles. The van der Waals surface area contributed by atoms with Crippen LogP contribution in [0.5, 0.6) is 0 Å². The second-order valence-corrected chi connectivity index (χ2v) is 9.09. The van der Waals surface area contributed by atoms with Gasteiger partial charge in [0, 0.05) is 10.4 Å². The number of para-hydroxylation sites is 1. The van der Waals surface area contributed by atoms with Crippen LogP contribution >= 0.6 is 15.9 Å². The molecule has 0 saturated carbocycles. The molecule has 4 aliphatic rings. The van der Waals surface area contributed by atoms with E-state index in [1.54, 1.807) is 48.5 Å². The molecule has 1 N–H and O–H groups in total. The maximum Gasteiger partial charge on any atom is 0.319 e. The molecule has 1 heterocycles.